The van der Waals surface area contributed by atoms with Crippen molar-refractivity contribution in [2.75, 3.05) is 46.6 Å². The van der Waals surface area contributed by atoms with Gasteiger partial charge in [-0.15, -0.1) is 0 Å². The minimum atomic E-state index is -0.401. The minimum Gasteiger partial charge on any atom is -0.483 e. The Morgan fingerprint density at radius 2 is 2.06 bits per heavy atom. The summed E-state index contributed by atoms with van der Waals surface area (Å²) in [6, 6.07) is 10.7. The number of nitriles is 1. The number of rotatable bonds is 8. The van der Waals surface area contributed by atoms with E-state index >= 15 is 0 Å². The van der Waals surface area contributed by atoms with Crippen molar-refractivity contribution >= 4 is 5.91 Å². The normalized spacial score (nSPS) is 27.2. The van der Waals surface area contributed by atoms with E-state index in [0.29, 0.717) is 38.3 Å². The Kier molecular flexibility index (Phi) is 7.67. The fourth-order valence-corrected chi connectivity index (χ4v) is 5.05. The second kappa shape index (κ2) is 10.7. The summed E-state index contributed by atoms with van der Waals surface area (Å²) >= 11 is 0. The maximum absolute atomic E-state index is 12.9. The van der Waals surface area contributed by atoms with E-state index in [0.717, 1.165) is 50.8 Å². The first-order chi connectivity index (χ1) is 15.6. The Balaban J connectivity index is 0.00000306. The lowest BCUT2D eigenvalue weighted by molar-refractivity contribution is -0.134. The molecule has 1 saturated carbocycles. The highest BCUT2D eigenvalue weighted by Crippen LogP contribution is 2.38. The summed E-state index contributed by atoms with van der Waals surface area (Å²) in [5, 5.41) is 12.9. The van der Waals surface area contributed by atoms with E-state index in [9.17, 15) is 10.1 Å². The predicted molar refractivity (Wildman–Crippen MR) is 123 cm³/mol. The van der Waals surface area contributed by atoms with Crippen LogP contribution in [0.1, 0.15) is 51.4 Å². The van der Waals surface area contributed by atoms with Crippen molar-refractivity contribution in [3.63, 3.8) is 0 Å². The van der Waals surface area contributed by atoms with E-state index in [1.807, 2.05) is 17.0 Å². The van der Waals surface area contributed by atoms with Gasteiger partial charge in [0.05, 0.1) is 25.4 Å². The lowest BCUT2D eigenvalue weighted by Crippen LogP contribution is -2.55. The molecule has 3 aliphatic rings. The second-order valence-electron chi connectivity index (χ2n) is 9.48. The van der Waals surface area contributed by atoms with Crippen molar-refractivity contribution in [3.05, 3.63) is 29.8 Å². The number of hydrogen-bond donors (Lipinski definition) is 1. The lowest BCUT2D eigenvalue weighted by Gasteiger charge is -2.38. The molecule has 1 aliphatic carbocycles. The van der Waals surface area contributed by atoms with E-state index in [2.05, 4.69) is 23.5 Å². The second-order valence-corrected chi connectivity index (χ2v) is 9.48. The molecule has 0 bridgehead atoms. The average molecular weight is 444 g/mol. The summed E-state index contributed by atoms with van der Waals surface area (Å²) in [6.07, 6.45) is 6.63. The monoisotopic (exact) mass is 443 g/mol. The van der Waals surface area contributed by atoms with Gasteiger partial charge in [-0.3, -0.25) is 4.79 Å². The molecule has 0 spiro atoms. The van der Waals surface area contributed by atoms with Crippen LogP contribution in [-0.4, -0.2) is 69.5 Å². The molecule has 1 atom stereocenters. The molecule has 7 heteroatoms. The molecule has 7 nitrogen and oxygen atoms in total. The summed E-state index contributed by atoms with van der Waals surface area (Å²) in [4.78, 5) is 14.8. The molecule has 4 rings (SSSR count). The topological polar surface area (TPSA) is 83.8 Å². The fourth-order valence-electron chi connectivity index (χ4n) is 5.05. The van der Waals surface area contributed by atoms with Gasteiger partial charge in [0.25, 0.3) is 5.91 Å². The van der Waals surface area contributed by atoms with Crippen molar-refractivity contribution in [3.8, 4) is 11.8 Å². The standard InChI is InChI=1S/C25H35N3O4.H2/c1-30-21-10-8-19(9-11-21)22-6-2-3-7-23(22)32-14-24(29)28-12-4-5-20(13-28)27-16-25(15-26)17-31-18-25;/h2-3,6-7,19-21,27H,4-5,8-14,16-18H2,1H3;1H/t19?,20-,21?;/m0./s1. The van der Waals surface area contributed by atoms with Gasteiger partial charge in [0.15, 0.2) is 6.61 Å². The number of likely N-dealkylation sites (tertiary alicyclic amines) is 1. The zero-order chi connectivity index (χ0) is 22.4. The van der Waals surface area contributed by atoms with Crippen LogP contribution in [0.2, 0.25) is 0 Å². The van der Waals surface area contributed by atoms with Gasteiger partial charge in [-0.05, 0) is 56.1 Å². The number of benzene rings is 1. The zero-order valence-corrected chi connectivity index (χ0v) is 19.1. The number of piperidine rings is 1. The van der Waals surface area contributed by atoms with Gasteiger partial charge in [-0.2, -0.15) is 5.26 Å². The van der Waals surface area contributed by atoms with Crippen molar-refractivity contribution in [2.24, 2.45) is 5.41 Å². The Bertz CT molecular complexity index is 818. The first kappa shape index (κ1) is 23.0. The number of carbonyl (C=O) groups excluding carboxylic acids is 1. The van der Waals surface area contributed by atoms with E-state index in [1.54, 1.807) is 7.11 Å². The van der Waals surface area contributed by atoms with Crippen molar-refractivity contribution < 1.29 is 20.4 Å². The SMILES string of the molecule is COC1CCC(c2ccccc2OCC(=O)N2CCC[C@H](NCC3(C#N)COC3)C2)CC1.[HH]. The van der Waals surface area contributed by atoms with E-state index in [4.69, 9.17) is 14.2 Å². The molecule has 1 N–H and O–H groups in total. The Morgan fingerprint density at radius 3 is 2.75 bits per heavy atom. The third-order valence-electron chi connectivity index (χ3n) is 7.21. The van der Waals surface area contributed by atoms with Crippen LogP contribution < -0.4 is 10.1 Å². The van der Waals surface area contributed by atoms with Crippen LogP contribution in [0.25, 0.3) is 0 Å². The molecule has 32 heavy (non-hydrogen) atoms. The molecule has 2 heterocycles. The maximum Gasteiger partial charge on any atom is 0.260 e. The molecule has 3 fully saturated rings. The van der Waals surface area contributed by atoms with Crippen LogP contribution in [0.3, 0.4) is 0 Å². The highest BCUT2D eigenvalue weighted by molar-refractivity contribution is 5.78. The minimum absolute atomic E-state index is 0. The number of para-hydroxylation sites is 1. The van der Waals surface area contributed by atoms with Crippen LogP contribution >= 0.6 is 0 Å². The summed E-state index contributed by atoms with van der Waals surface area (Å²) in [5.41, 5.74) is 0.805. The summed E-state index contributed by atoms with van der Waals surface area (Å²) in [6.45, 7) is 3.08. The Hall–Kier alpha value is -2.14. The number of ether oxygens (including phenoxy) is 3. The van der Waals surface area contributed by atoms with E-state index < -0.39 is 5.41 Å². The smallest absolute Gasteiger partial charge is 0.260 e. The number of hydrogen-bond acceptors (Lipinski definition) is 6. The van der Waals surface area contributed by atoms with Crippen molar-refractivity contribution in [1.29, 1.82) is 5.26 Å². The third-order valence-corrected chi connectivity index (χ3v) is 7.21. The molecular formula is C25H37N3O4. The molecule has 1 aromatic rings. The third kappa shape index (κ3) is 5.43. The van der Waals surface area contributed by atoms with Gasteiger partial charge >= 0.3 is 0 Å². The first-order valence-corrected chi connectivity index (χ1v) is 11.9. The van der Waals surface area contributed by atoms with Crippen LogP contribution in [0.15, 0.2) is 24.3 Å². The zero-order valence-electron chi connectivity index (χ0n) is 19.1. The highest BCUT2D eigenvalue weighted by Gasteiger charge is 2.39. The van der Waals surface area contributed by atoms with Gasteiger partial charge < -0.3 is 24.4 Å². The van der Waals surface area contributed by atoms with Crippen LogP contribution in [0, 0.1) is 16.7 Å². The molecule has 1 amide bonds. The van der Waals surface area contributed by atoms with Crippen LogP contribution in [0.5, 0.6) is 5.75 Å². The summed E-state index contributed by atoms with van der Waals surface area (Å²) < 4.78 is 16.8. The van der Waals surface area contributed by atoms with Gasteiger partial charge in [0, 0.05) is 34.2 Å². The summed E-state index contributed by atoms with van der Waals surface area (Å²) in [7, 11) is 1.79. The van der Waals surface area contributed by atoms with E-state index in [1.165, 1.54) is 5.56 Å². The van der Waals surface area contributed by atoms with Crippen molar-refractivity contribution in [2.45, 2.75) is 56.6 Å². The number of methoxy groups -OCH3 is 1. The average Bonchev–Trinajstić information content (AvgIpc) is 2.82. The number of nitrogens with zero attached hydrogens (tertiary/aromatic N) is 2. The molecule has 176 valence electrons. The number of carbonyl (C=O) groups is 1. The number of amides is 1. The van der Waals surface area contributed by atoms with Gasteiger partial charge in [0.1, 0.15) is 11.2 Å². The molecule has 0 aromatic heterocycles. The fraction of sp³-hybridized carbons (Fsp3) is 0.680. The molecule has 1 aromatic carbocycles. The van der Waals surface area contributed by atoms with Gasteiger partial charge in [0.2, 0.25) is 0 Å². The predicted octanol–water partition coefficient (Wildman–Crippen LogP) is 3.10. The van der Waals surface area contributed by atoms with Gasteiger partial charge in [-0.25, -0.2) is 0 Å². The molecule has 0 radical (unpaired) electrons. The molecule has 2 saturated heterocycles. The number of nitrogens with one attached hydrogen (secondary N) is 1. The first-order valence-electron chi connectivity index (χ1n) is 11.9. The van der Waals surface area contributed by atoms with E-state index in [-0.39, 0.29) is 20.0 Å². The molecule has 0 unspecified atom stereocenters. The highest BCUT2D eigenvalue weighted by atomic mass is 16.5. The van der Waals surface area contributed by atoms with Crippen LogP contribution in [-0.2, 0) is 14.3 Å². The summed E-state index contributed by atoms with van der Waals surface area (Å²) in [5.74, 6) is 1.31. The lowest BCUT2D eigenvalue weighted by atomic mass is 9.82. The molecular weight excluding hydrogens is 406 g/mol. The quantitative estimate of drug-likeness (QED) is 0.665. The van der Waals surface area contributed by atoms with Gasteiger partial charge in [-0.1, -0.05) is 18.2 Å². The largest absolute Gasteiger partial charge is 0.483 e. The maximum atomic E-state index is 12.9. The molecule has 2 aliphatic heterocycles. The Morgan fingerprint density at radius 1 is 1.28 bits per heavy atom. The Labute approximate surface area is 192 Å². The van der Waals surface area contributed by atoms with Crippen LogP contribution in [0.4, 0.5) is 0 Å². The van der Waals surface area contributed by atoms with Crippen molar-refractivity contribution in [1.82, 2.24) is 10.2 Å².